The van der Waals surface area contributed by atoms with Gasteiger partial charge in [-0.25, -0.2) is 9.78 Å². The summed E-state index contributed by atoms with van der Waals surface area (Å²) in [6.45, 7) is 0.457. The highest BCUT2D eigenvalue weighted by molar-refractivity contribution is 5.71. The number of fused-ring (bicyclic) bond motifs is 1. The van der Waals surface area contributed by atoms with Gasteiger partial charge in [0.1, 0.15) is 5.82 Å². The van der Waals surface area contributed by atoms with E-state index in [9.17, 15) is 14.4 Å². The summed E-state index contributed by atoms with van der Waals surface area (Å²) >= 11 is 0. The first kappa shape index (κ1) is 18.6. The van der Waals surface area contributed by atoms with Crippen molar-refractivity contribution < 1.29 is 9.90 Å². The number of unbranched alkanes of at least 4 members (excludes halogenated alkanes) is 1. The van der Waals surface area contributed by atoms with E-state index in [1.807, 2.05) is 34.9 Å². The smallest absolute Gasteiger partial charge is 0.332 e. The largest absolute Gasteiger partial charge is 0.481 e. The van der Waals surface area contributed by atoms with Crippen LogP contribution in [0.1, 0.15) is 30.7 Å². The molecule has 0 atom stereocenters. The number of carbonyl (C=O) groups is 1. The first-order valence-electron chi connectivity index (χ1n) is 8.81. The molecule has 0 saturated heterocycles. The highest BCUT2D eigenvalue weighted by Gasteiger charge is 2.19. The number of benzene rings is 1. The molecule has 0 aliphatic carbocycles. The molecule has 1 N–H and O–H groups in total. The highest BCUT2D eigenvalue weighted by Crippen LogP contribution is 2.16. The number of imidazole rings is 1. The summed E-state index contributed by atoms with van der Waals surface area (Å²) in [6, 6.07) is 9.70. The molecule has 142 valence electrons. The lowest BCUT2D eigenvalue weighted by Crippen LogP contribution is -2.37. The van der Waals surface area contributed by atoms with Crippen molar-refractivity contribution in [2.75, 3.05) is 0 Å². The van der Waals surface area contributed by atoms with Crippen LogP contribution in [0.4, 0.5) is 0 Å². The summed E-state index contributed by atoms with van der Waals surface area (Å²) in [5.41, 5.74) is 0.950. The maximum Gasteiger partial charge on any atom is 0.332 e. The van der Waals surface area contributed by atoms with E-state index in [4.69, 9.17) is 5.11 Å². The van der Waals surface area contributed by atoms with Crippen molar-refractivity contribution in [1.29, 1.82) is 0 Å². The van der Waals surface area contributed by atoms with Crippen LogP contribution in [-0.2, 0) is 31.9 Å². The van der Waals surface area contributed by atoms with Gasteiger partial charge in [-0.15, -0.1) is 0 Å². The number of aryl methyl sites for hydroxylation is 2. The summed E-state index contributed by atoms with van der Waals surface area (Å²) in [5, 5.41) is 8.81. The van der Waals surface area contributed by atoms with Crippen molar-refractivity contribution in [1.82, 2.24) is 18.7 Å². The number of hydrogen-bond donors (Lipinski definition) is 1. The number of carboxylic acids is 1. The van der Waals surface area contributed by atoms with Crippen molar-refractivity contribution in [3.05, 3.63) is 62.6 Å². The van der Waals surface area contributed by atoms with Crippen LogP contribution in [0.2, 0.25) is 0 Å². The monoisotopic (exact) mass is 370 g/mol. The number of aliphatic carboxylic acids is 1. The van der Waals surface area contributed by atoms with Crippen molar-refractivity contribution in [3.8, 4) is 0 Å². The van der Waals surface area contributed by atoms with Crippen LogP contribution in [-0.4, -0.2) is 29.8 Å². The molecule has 3 rings (SSSR count). The fourth-order valence-corrected chi connectivity index (χ4v) is 3.18. The number of hydrogen-bond acceptors (Lipinski definition) is 4. The van der Waals surface area contributed by atoms with Crippen molar-refractivity contribution in [2.45, 2.75) is 32.2 Å². The van der Waals surface area contributed by atoms with Gasteiger partial charge in [0.25, 0.3) is 5.56 Å². The Morgan fingerprint density at radius 1 is 1.07 bits per heavy atom. The Labute approximate surface area is 155 Å². The molecule has 0 unspecified atom stereocenters. The Bertz CT molecular complexity index is 1090. The van der Waals surface area contributed by atoms with Crippen molar-refractivity contribution in [2.24, 2.45) is 14.1 Å². The van der Waals surface area contributed by atoms with Crippen LogP contribution in [0.5, 0.6) is 0 Å². The van der Waals surface area contributed by atoms with E-state index >= 15 is 0 Å². The summed E-state index contributed by atoms with van der Waals surface area (Å²) in [6.07, 6.45) is 1.80. The highest BCUT2D eigenvalue weighted by atomic mass is 16.4. The zero-order valence-electron chi connectivity index (χ0n) is 15.4. The molecule has 0 saturated carbocycles. The zero-order valence-corrected chi connectivity index (χ0v) is 15.4. The Morgan fingerprint density at radius 2 is 1.78 bits per heavy atom. The molecule has 0 bridgehead atoms. The first-order valence-corrected chi connectivity index (χ1v) is 8.81. The average Bonchev–Trinajstić information content (AvgIpc) is 3.01. The third-order valence-corrected chi connectivity index (χ3v) is 4.65. The lowest BCUT2D eigenvalue weighted by atomic mass is 10.2. The van der Waals surface area contributed by atoms with E-state index < -0.39 is 11.7 Å². The third kappa shape index (κ3) is 3.69. The fourth-order valence-electron chi connectivity index (χ4n) is 3.18. The fraction of sp³-hybridized carbons (Fsp3) is 0.368. The molecule has 1 aromatic carbocycles. The molecule has 3 aromatic rings. The van der Waals surface area contributed by atoms with E-state index in [1.165, 1.54) is 11.6 Å². The summed E-state index contributed by atoms with van der Waals surface area (Å²) in [4.78, 5) is 40.3. The maximum absolute atomic E-state index is 12.8. The lowest BCUT2D eigenvalue weighted by Gasteiger charge is -2.10. The standard InChI is InChI=1S/C19H22N4O4/c1-21-17-16(18(26)22(2)19(21)27)23(12-13-8-4-3-5-9-13)14(20-17)10-6-7-11-15(24)25/h3-5,8-9H,6-7,10-12H2,1-2H3,(H,24,25). The van der Waals surface area contributed by atoms with E-state index in [-0.39, 0.29) is 12.0 Å². The molecule has 2 heterocycles. The second-order valence-electron chi connectivity index (χ2n) is 6.58. The Hall–Kier alpha value is -3.16. The van der Waals surface area contributed by atoms with E-state index in [0.717, 1.165) is 10.1 Å². The van der Waals surface area contributed by atoms with Gasteiger partial charge < -0.3 is 9.67 Å². The normalized spacial score (nSPS) is 11.2. The molecule has 0 aliphatic heterocycles. The SMILES string of the molecule is Cn1c(=O)c2c(nc(CCCCC(=O)O)n2Cc2ccccc2)n(C)c1=O. The van der Waals surface area contributed by atoms with Gasteiger partial charge in [0.05, 0.1) is 0 Å². The van der Waals surface area contributed by atoms with Gasteiger partial charge in [-0.3, -0.25) is 18.7 Å². The maximum atomic E-state index is 12.8. The third-order valence-electron chi connectivity index (χ3n) is 4.65. The molecule has 0 radical (unpaired) electrons. The molecule has 0 amide bonds. The first-order chi connectivity index (χ1) is 12.9. The van der Waals surface area contributed by atoms with Gasteiger partial charge in [-0.2, -0.15) is 0 Å². The minimum absolute atomic E-state index is 0.0964. The summed E-state index contributed by atoms with van der Waals surface area (Å²) in [7, 11) is 3.05. The number of carboxylic acid groups (broad SMARTS) is 1. The Kier molecular flexibility index (Phi) is 5.25. The van der Waals surface area contributed by atoms with Gasteiger partial charge >= 0.3 is 11.7 Å². The quantitative estimate of drug-likeness (QED) is 0.632. The van der Waals surface area contributed by atoms with Gasteiger partial charge in [-0.1, -0.05) is 30.3 Å². The van der Waals surface area contributed by atoms with Gasteiger partial charge in [0, 0.05) is 33.5 Å². The number of aromatic nitrogens is 4. The van der Waals surface area contributed by atoms with Crippen LogP contribution in [0.25, 0.3) is 11.2 Å². The molecule has 0 aliphatic rings. The summed E-state index contributed by atoms with van der Waals surface area (Å²) in [5.74, 6) is -0.151. The molecule has 8 heteroatoms. The average molecular weight is 370 g/mol. The predicted octanol–water partition coefficient (Wildman–Crippen LogP) is 1.28. The van der Waals surface area contributed by atoms with Crippen LogP contribution in [0.3, 0.4) is 0 Å². The minimum Gasteiger partial charge on any atom is -0.481 e. The van der Waals surface area contributed by atoms with Crippen LogP contribution >= 0.6 is 0 Å². The van der Waals surface area contributed by atoms with E-state index in [0.29, 0.717) is 42.8 Å². The van der Waals surface area contributed by atoms with Crippen molar-refractivity contribution >= 4 is 17.1 Å². The molecule has 0 fully saturated rings. The topological polar surface area (TPSA) is 99.1 Å². The number of nitrogens with zero attached hydrogens (tertiary/aromatic N) is 4. The van der Waals surface area contributed by atoms with Crippen LogP contribution < -0.4 is 11.2 Å². The second-order valence-corrected chi connectivity index (χ2v) is 6.58. The molecular weight excluding hydrogens is 348 g/mol. The molecule has 27 heavy (non-hydrogen) atoms. The minimum atomic E-state index is -0.830. The molecule has 2 aromatic heterocycles. The van der Waals surface area contributed by atoms with Crippen LogP contribution in [0, 0.1) is 0 Å². The van der Waals surface area contributed by atoms with E-state index in [1.54, 1.807) is 7.05 Å². The molecular formula is C19H22N4O4. The zero-order chi connectivity index (χ0) is 19.6. The molecule has 0 spiro atoms. The Morgan fingerprint density at radius 3 is 2.44 bits per heavy atom. The van der Waals surface area contributed by atoms with Gasteiger partial charge in [0.2, 0.25) is 0 Å². The Balaban J connectivity index is 2.09. The van der Waals surface area contributed by atoms with Crippen molar-refractivity contribution in [3.63, 3.8) is 0 Å². The predicted molar refractivity (Wildman–Crippen MR) is 101 cm³/mol. The molecule has 8 nitrogen and oxygen atoms in total. The lowest BCUT2D eigenvalue weighted by molar-refractivity contribution is -0.137. The van der Waals surface area contributed by atoms with Gasteiger partial charge in [0.15, 0.2) is 11.2 Å². The van der Waals surface area contributed by atoms with E-state index in [2.05, 4.69) is 4.98 Å². The van der Waals surface area contributed by atoms with Crippen LogP contribution in [0.15, 0.2) is 39.9 Å². The van der Waals surface area contributed by atoms with Gasteiger partial charge in [-0.05, 0) is 18.4 Å². The number of rotatable bonds is 7. The second kappa shape index (κ2) is 7.61. The summed E-state index contributed by atoms with van der Waals surface area (Å²) < 4.78 is 4.30.